The molecule has 0 bridgehead atoms. The Balaban J connectivity index is 1.52. The molecule has 128 valence electrons. The number of rotatable bonds is 6. The highest BCUT2D eigenvalue weighted by atomic mass is 32.1. The number of carbonyl (C=O) groups excluding carboxylic acids is 1. The van der Waals surface area contributed by atoms with E-state index in [4.69, 9.17) is 0 Å². The Bertz CT molecular complexity index is 664. The molecule has 3 heterocycles. The van der Waals surface area contributed by atoms with Crippen molar-refractivity contribution in [3.8, 4) is 0 Å². The second kappa shape index (κ2) is 7.27. The lowest BCUT2D eigenvalue weighted by molar-refractivity contribution is -0.132. The Labute approximate surface area is 145 Å². The molecule has 7 heteroatoms. The molecule has 1 fully saturated rings. The number of thiophene rings is 1. The fourth-order valence-corrected chi connectivity index (χ4v) is 3.73. The quantitative estimate of drug-likeness (QED) is 0.860. The summed E-state index contributed by atoms with van der Waals surface area (Å²) >= 11 is 1.67. The Hall–Kier alpha value is -1.99. The molecule has 0 radical (unpaired) electrons. The first-order valence-electron chi connectivity index (χ1n) is 8.06. The van der Waals surface area contributed by atoms with E-state index in [1.807, 2.05) is 22.4 Å². The molecule has 0 spiro atoms. The van der Waals surface area contributed by atoms with Gasteiger partial charge in [0.2, 0.25) is 11.9 Å². The number of β-amino-alcohol motifs (C(OH)–C–C–N with tert-alkyl or cyclic N) is 1. The number of likely N-dealkylation sites (N-methyl/N-ethyl adjacent to an activating group) is 1. The molecule has 6 nitrogen and oxygen atoms in total. The standard InChI is InChI=1S/C17H22N4O2S/c1-20(15(22)6-5-14-4-2-11-24-14)12-17(23)7-10-21(13-17)16-18-8-3-9-19-16/h2-4,8-9,11,23H,5-7,10,12-13H2,1H3/t17-/m1/s1. The van der Waals surface area contributed by atoms with Crippen LogP contribution in [0, 0.1) is 0 Å². The summed E-state index contributed by atoms with van der Waals surface area (Å²) in [6, 6.07) is 5.81. The molecule has 1 saturated heterocycles. The molecule has 1 aliphatic heterocycles. The summed E-state index contributed by atoms with van der Waals surface area (Å²) in [4.78, 5) is 25.6. The summed E-state index contributed by atoms with van der Waals surface area (Å²) in [7, 11) is 1.76. The highest BCUT2D eigenvalue weighted by molar-refractivity contribution is 7.09. The Morgan fingerprint density at radius 1 is 1.42 bits per heavy atom. The molecule has 2 aromatic rings. The van der Waals surface area contributed by atoms with Crippen LogP contribution in [0.5, 0.6) is 0 Å². The molecule has 1 aliphatic rings. The smallest absolute Gasteiger partial charge is 0.225 e. The average Bonchev–Trinajstić information content (AvgIpc) is 3.23. The lowest BCUT2D eigenvalue weighted by Crippen LogP contribution is -2.46. The zero-order chi connectivity index (χ0) is 17.0. The Morgan fingerprint density at radius 2 is 2.21 bits per heavy atom. The number of nitrogens with zero attached hydrogens (tertiary/aromatic N) is 4. The van der Waals surface area contributed by atoms with Crippen LogP contribution < -0.4 is 4.90 Å². The van der Waals surface area contributed by atoms with E-state index in [2.05, 4.69) is 9.97 Å². The van der Waals surface area contributed by atoms with Crippen molar-refractivity contribution in [1.82, 2.24) is 14.9 Å². The summed E-state index contributed by atoms with van der Waals surface area (Å²) in [5, 5.41) is 12.8. The largest absolute Gasteiger partial charge is 0.386 e. The fourth-order valence-electron chi connectivity index (χ4n) is 3.02. The van der Waals surface area contributed by atoms with Crippen LogP contribution in [0.25, 0.3) is 0 Å². The van der Waals surface area contributed by atoms with E-state index in [0.29, 0.717) is 38.4 Å². The van der Waals surface area contributed by atoms with Crippen LogP contribution in [0.15, 0.2) is 36.0 Å². The number of aromatic nitrogens is 2. The van der Waals surface area contributed by atoms with Gasteiger partial charge >= 0.3 is 0 Å². The summed E-state index contributed by atoms with van der Waals surface area (Å²) in [5.74, 6) is 0.686. The van der Waals surface area contributed by atoms with Gasteiger partial charge in [0, 0.05) is 37.3 Å². The van der Waals surface area contributed by atoms with E-state index in [0.717, 1.165) is 6.42 Å². The van der Waals surface area contributed by atoms with E-state index >= 15 is 0 Å². The maximum Gasteiger partial charge on any atom is 0.225 e. The molecule has 1 amide bonds. The van der Waals surface area contributed by atoms with E-state index < -0.39 is 5.60 Å². The number of aliphatic hydroxyl groups is 1. The zero-order valence-corrected chi connectivity index (χ0v) is 14.6. The molecule has 3 rings (SSSR count). The van der Waals surface area contributed by atoms with Crippen LogP contribution in [0.3, 0.4) is 0 Å². The fraction of sp³-hybridized carbons (Fsp3) is 0.471. The van der Waals surface area contributed by atoms with Crippen molar-refractivity contribution in [3.63, 3.8) is 0 Å². The molecule has 0 aliphatic carbocycles. The SMILES string of the molecule is CN(C[C@]1(O)CCN(c2ncccn2)C1)C(=O)CCc1cccs1. The van der Waals surface area contributed by atoms with Gasteiger partial charge in [0.25, 0.3) is 0 Å². The minimum atomic E-state index is -0.910. The van der Waals surface area contributed by atoms with Crippen LogP contribution in [-0.2, 0) is 11.2 Å². The molecule has 0 aromatic carbocycles. The summed E-state index contributed by atoms with van der Waals surface area (Å²) in [6.07, 6.45) is 5.22. The first-order chi connectivity index (χ1) is 11.6. The minimum absolute atomic E-state index is 0.0613. The second-order valence-corrected chi connectivity index (χ2v) is 7.31. The van der Waals surface area contributed by atoms with Gasteiger partial charge in [-0.25, -0.2) is 9.97 Å². The molecule has 0 saturated carbocycles. The van der Waals surface area contributed by atoms with Gasteiger partial charge < -0.3 is 14.9 Å². The molecule has 1 N–H and O–H groups in total. The van der Waals surface area contributed by atoms with Crippen LogP contribution in [0.2, 0.25) is 0 Å². The zero-order valence-electron chi connectivity index (χ0n) is 13.8. The normalized spacial score (nSPS) is 20.3. The van der Waals surface area contributed by atoms with Crippen molar-refractivity contribution < 1.29 is 9.90 Å². The third kappa shape index (κ3) is 4.10. The monoisotopic (exact) mass is 346 g/mol. The predicted molar refractivity (Wildman–Crippen MR) is 94.1 cm³/mol. The Morgan fingerprint density at radius 3 is 2.92 bits per heavy atom. The van der Waals surface area contributed by atoms with E-state index in [-0.39, 0.29) is 5.91 Å². The van der Waals surface area contributed by atoms with Gasteiger partial charge in [-0.2, -0.15) is 0 Å². The molecule has 0 unspecified atom stereocenters. The highest BCUT2D eigenvalue weighted by Crippen LogP contribution is 2.25. The molecular formula is C17H22N4O2S. The van der Waals surface area contributed by atoms with Crippen molar-refractivity contribution in [2.45, 2.75) is 24.9 Å². The number of anilines is 1. The van der Waals surface area contributed by atoms with Crippen molar-refractivity contribution in [2.75, 3.05) is 31.6 Å². The van der Waals surface area contributed by atoms with Crippen LogP contribution in [0.4, 0.5) is 5.95 Å². The van der Waals surface area contributed by atoms with Gasteiger partial charge in [-0.15, -0.1) is 11.3 Å². The first kappa shape index (κ1) is 16.9. The number of hydrogen-bond acceptors (Lipinski definition) is 6. The van der Waals surface area contributed by atoms with Crippen molar-refractivity contribution in [3.05, 3.63) is 40.8 Å². The predicted octanol–water partition coefficient (Wildman–Crippen LogP) is 1.57. The molecule has 1 atom stereocenters. The van der Waals surface area contributed by atoms with E-state index in [1.54, 1.807) is 41.7 Å². The lowest BCUT2D eigenvalue weighted by Gasteiger charge is -2.29. The Kier molecular flexibility index (Phi) is 5.11. The van der Waals surface area contributed by atoms with E-state index in [9.17, 15) is 9.90 Å². The highest BCUT2D eigenvalue weighted by Gasteiger charge is 2.38. The summed E-state index contributed by atoms with van der Waals surface area (Å²) < 4.78 is 0. The topological polar surface area (TPSA) is 69.6 Å². The van der Waals surface area contributed by atoms with E-state index in [1.165, 1.54) is 4.88 Å². The summed E-state index contributed by atoms with van der Waals surface area (Å²) in [5.41, 5.74) is -0.910. The van der Waals surface area contributed by atoms with Gasteiger partial charge in [0.15, 0.2) is 0 Å². The van der Waals surface area contributed by atoms with Crippen molar-refractivity contribution in [2.24, 2.45) is 0 Å². The summed E-state index contributed by atoms with van der Waals surface area (Å²) in [6.45, 7) is 1.47. The van der Waals surface area contributed by atoms with Crippen LogP contribution in [-0.4, -0.2) is 58.2 Å². The third-order valence-electron chi connectivity index (χ3n) is 4.29. The first-order valence-corrected chi connectivity index (χ1v) is 8.94. The van der Waals surface area contributed by atoms with Gasteiger partial charge in [-0.05, 0) is 30.4 Å². The molecule has 24 heavy (non-hydrogen) atoms. The van der Waals surface area contributed by atoms with Crippen LogP contribution in [0.1, 0.15) is 17.7 Å². The lowest BCUT2D eigenvalue weighted by atomic mass is 10.0. The van der Waals surface area contributed by atoms with Gasteiger partial charge in [0.05, 0.1) is 13.1 Å². The third-order valence-corrected chi connectivity index (χ3v) is 5.23. The number of carbonyl (C=O) groups is 1. The average molecular weight is 346 g/mol. The van der Waals surface area contributed by atoms with Crippen molar-refractivity contribution >= 4 is 23.2 Å². The second-order valence-electron chi connectivity index (χ2n) is 6.27. The van der Waals surface area contributed by atoms with Gasteiger partial charge in [0.1, 0.15) is 5.60 Å². The number of hydrogen-bond donors (Lipinski definition) is 1. The molecular weight excluding hydrogens is 324 g/mol. The maximum atomic E-state index is 12.3. The number of aryl methyl sites for hydroxylation is 1. The van der Waals surface area contributed by atoms with Gasteiger partial charge in [-0.1, -0.05) is 6.07 Å². The molecule has 2 aromatic heterocycles. The minimum Gasteiger partial charge on any atom is -0.386 e. The maximum absolute atomic E-state index is 12.3. The van der Waals surface area contributed by atoms with Gasteiger partial charge in [-0.3, -0.25) is 4.79 Å². The number of amides is 1. The van der Waals surface area contributed by atoms with Crippen molar-refractivity contribution in [1.29, 1.82) is 0 Å². The van der Waals surface area contributed by atoms with Crippen LogP contribution >= 0.6 is 11.3 Å².